The van der Waals surface area contributed by atoms with E-state index in [4.69, 9.17) is 9.47 Å². The first-order valence-electron chi connectivity index (χ1n) is 7.65. The Morgan fingerprint density at radius 3 is 2.60 bits per heavy atom. The fourth-order valence-electron chi connectivity index (χ4n) is 1.95. The van der Waals surface area contributed by atoms with Gasteiger partial charge in [0.25, 0.3) is 0 Å². The van der Waals surface area contributed by atoms with Gasteiger partial charge in [0.2, 0.25) is 11.8 Å². The van der Waals surface area contributed by atoms with E-state index in [0.717, 1.165) is 0 Å². The van der Waals surface area contributed by atoms with E-state index in [1.807, 2.05) is 0 Å². The lowest BCUT2D eigenvalue weighted by atomic mass is 10.2. The lowest BCUT2D eigenvalue weighted by Gasteiger charge is -2.11. The van der Waals surface area contributed by atoms with Crippen LogP contribution in [0.1, 0.15) is 13.8 Å². The molecule has 0 aliphatic carbocycles. The third-order valence-corrected chi connectivity index (χ3v) is 3.30. The normalized spacial score (nSPS) is 10.4. The van der Waals surface area contributed by atoms with Gasteiger partial charge in [0.05, 0.1) is 26.1 Å². The Labute approximate surface area is 145 Å². The predicted octanol–water partition coefficient (Wildman–Crippen LogP) is 1.53. The van der Waals surface area contributed by atoms with E-state index in [1.54, 1.807) is 32.0 Å². The van der Waals surface area contributed by atoms with Gasteiger partial charge in [-0.25, -0.2) is 4.68 Å². The van der Waals surface area contributed by atoms with Crippen molar-refractivity contribution in [2.24, 2.45) is 5.92 Å². The van der Waals surface area contributed by atoms with E-state index < -0.39 is 0 Å². The number of nitrogens with zero attached hydrogens (tertiary/aromatic N) is 3. The first-order valence-corrected chi connectivity index (χ1v) is 7.65. The maximum Gasteiger partial charge on any atom is 0.246 e. The van der Waals surface area contributed by atoms with Crippen LogP contribution in [0.15, 0.2) is 24.4 Å². The second kappa shape index (κ2) is 8.13. The summed E-state index contributed by atoms with van der Waals surface area (Å²) in [6.45, 7) is 3.48. The summed E-state index contributed by atoms with van der Waals surface area (Å²) in [5, 5.41) is 13.0. The summed E-state index contributed by atoms with van der Waals surface area (Å²) in [6, 6.07) is 5.09. The van der Waals surface area contributed by atoms with Crippen molar-refractivity contribution in [3.63, 3.8) is 0 Å². The van der Waals surface area contributed by atoms with Crippen LogP contribution in [0.25, 0.3) is 0 Å². The molecule has 0 atom stereocenters. The van der Waals surface area contributed by atoms with E-state index in [0.29, 0.717) is 23.0 Å². The van der Waals surface area contributed by atoms with Crippen LogP contribution in [0.4, 0.5) is 11.5 Å². The van der Waals surface area contributed by atoms with Crippen molar-refractivity contribution >= 4 is 23.3 Å². The van der Waals surface area contributed by atoms with Crippen LogP contribution >= 0.6 is 0 Å². The fourth-order valence-corrected chi connectivity index (χ4v) is 1.95. The number of rotatable bonds is 7. The highest BCUT2D eigenvalue weighted by Gasteiger charge is 2.13. The van der Waals surface area contributed by atoms with Crippen molar-refractivity contribution in [3.05, 3.63) is 24.4 Å². The molecule has 0 fully saturated rings. The van der Waals surface area contributed by atoms with Gasteiger partial charge in [0.15, 0.2) is 5.82 Å². The van der Waals surface area contributed by atoms with Crippen molar-refractivity contribution in [1.29, 1.82) is 0 Å². The summed E-state index contributed by atoms with van der Waals surface area (Å²) in [5.74, 6) is 0.739. The van der Waals surface area contributed by atoms with Gasteiger partial charge in [0, 0.05) is 12.0 Å². The Hall–Kier alpha value is -3.10. The van der Waals surface area contributed by atoms with Gasteiger partial charge in [-0.15, -0.1) is 5.10 Å². The number of hydrogen-bond acceptors (Lipinski definition) is 6. The minimum Gasteiger partial charge on any atom is -0.497 e. The number of amides is 2. The number of hydrogen-bond donors (Lipinski definition) is 2. The second-order valence-corrected chi connectivity index (χ2v) is 5.56. The van der Waals surface area contributed by atoms with Crippen LogP contribution in [-0.4, -0.2) is 41.0 Å². The molecule has 9 heteroatoms. The van der Waals surface area contributed by atoms with Gasteiger partial charge in [-0.3, -0.25) is 9.59 Å². The van der Waals surface area contributed by atoms with E-state index >= 15 is 0 Å². The van der Waals surface area contributed by atoms with Crippen LogP contribution in [0, 0.1) is 5.92 Å². The van der Waals surface area contributed by atoms with Gasteiger partial charge in [-0.2, -0.15) is 0 Å². The van der Waals surface area contributed by atoms with Gasteiger partial charge in [-0.1, -0.05) is 19.1 Å². The second-order valence-electron chi connectivity index (χ2n) is 5.56. The molecule has 2 N–H and O–H groups in total. The standard InChI is InChI=1S/C16H21N5O4/c1-10(2)16(23)18-14-8-21(20-19-14)9-15(22)17-12-7-11(24-3)5-6-13(12)25-4/h5-8,10H,9H2,1-4H3,(H,17,22)(H,18,23). The molecule has 0 saturated heterocycles. The zero-order chi connectivity index (χ0) is 18.4. The van der Waals surface area contributed by atoms with Crippen molar-refractivity contribution in [2.75, 3.05) is 24.9 Å². The molecule has 1 heterocycles. The maximum atomic E-state index is 12.2. The lowest BCUT2D eigenvalue weighted by Crippen LogP contribution is -2.19. The largest absolute Gasteiger partial charge is 0.497 e. The van der Waals surface area contributed by atoms with E-state index in [-0.39, 0.29) is 24.3 Å². The molecule has 0 radical (unpaired) electrons. The molecular formula is C16H21N5O4. The Morgan fingerprint density at radius 1 is 1.20 bits per heavy atom. The average Bonchev–Trinajstić information content (AvgIpc) is 3.01. The maximum absolute atomic E-state index is 12.2. The molecule has 9 nitrogen and oxygen atoms in total. The number of methoxy groups -OCH3 is 2. The molecule has 0 saturated carbocycles. The van der Waals surface area contributed by atoms with Crippen molar-refractivity contribution in [2.45, 2.75) is 20.4 Å². The van der Waals surface area contributed by atoms with Crippen LogP contribution in [0.5, 0.6) is 11.5 Å². The highest BCUT2D eigenvalue weighted by Crippen LogP contribution is 2.28. The Balaban J connectivity index is 2.01. The lowest BCUT2D eigenvalue weighted by molar-refractivity contribution is -0.119. The molecule has 0 aliphatic rings. The fraction of sp³-hybridized carbons (Fsp3) is 0.375. The number of benzene rings is 1. The topological polar surface area (TPSA) is 107 Å². The smallest absolute Gasteiger partial charge is 0.246 e. The molecule has 1 aromatic carbocycles. The number of aromatic nitrogens is 3. The summed E-state index contributed by atoms with van der Waals surface area (Å²) in [6.07, 6.45) is 1.49. The van der Waals surface area contributed by atoms with E-state index in [9.17, 15) is 9.59 Å². The van der Waals surface area contributed by atoms with Gasteiger partial charge in [-0.05, 0) is 12.1 Å². The Morgan fingerprint density at radius 2 is 1.96 bits per heavy atom. The molecule has 0 unspecified atom stereocenters. The first-order chi connectivity index (χ1) is 11.9. The molecule has 0 aliphatic heterocycles. The monoisotopic (exact) mass is 347 g/mol. The molecule has 2 amide bonds. The molecule has 0 spiro atoms. The van der Waals surface area contributed by atoms with Crippen molar-refractivity contribution in [3.8, 4) is 11.5 Å². The molecule has 2 rings (SSSR count). The minimum absolute atomic E-state index is 0.0646. The van der Waals surface area contributed by atoms with Crippen LogP contribution < -0.4 is 20.1 Å². The number of nitrogens with one attached hydrogen (secondary N) is 2. The van der Waals surface area contributed by atoms with Crippen LogP contribution in [-0.2, 0) is 16.1 Å². The summed E-state index contributed by atoms with van der Waals surface area (Å²) < 4.78 is 11.7. The van der Waals surface area contributed by atoms with E-state index in [2.05, 4.69) is 20.9 Å². The Bertz CT molecular complexity index is 757. The van der Waals surface area contributed by atoms with Crippen molar-refractivity contribution in [1.82, 2.24) is 15.0 Å². The van der Waals surface area contributed by atoms with Gasteiger partial charge in [0.1, 0.15) is 18.0 Å². The van der Waals surface area contributed by atoms with Crippen LogP contribution in [0.2, 0.25) is 0 Å². The SMILES string of the molecule is COc1ccc(OC)c(NC(=O)Cn2cc(NC(=O)C(C)C)nn2)c1. The highest BCUT2D eigenvalue weighted by atomic mass is 16.5. The van der Waals surface area contributed by atoms with E-state index in [1.165, 1.54) is 25.1 Å². The quantitative estimate of drug-likeness (QED) is 0.786. The molecule has 1 aromatic heterocycles. The highest BCUT2D eigenvalue weighted by molar-refractivity contribution is 5.93. The third kappa shape index (κ3) is 4.93. The number of ether oxygens (including phenoxy) is 2. The number of anilines is 2. The molecule has 0 bridgehead atoms. The Kier molecular flexibility index (Phi) is 5.93. The van der Waals surface area contributed by atoms with Crippen LogP contribution in [0.3, 0.4) is 0 Å². The summed E-state index contributed by atoms with van der Waals surface area (Å²) in [4.78, 5) is 23.8. The summed E-state index contributed by atoms with van der Waals surface area (Å²) >= 11 is 0. The molecule has 134 valence electrons. The first kappa shape index (κ1) is 18.2. The summed E-state index contributed by atoms with van der Waals surface area (Å²) in [5.41, 5.74) is 0.486. The zero-order valence-corrected chi connectivity index (χ0v) is 14.6. The molecule has 2 aromatic rings. The van der Waals surface area contributed by atoms with Gasteiger partial charge >= 0.3 is 0 Å². The predicted molar refractivity (Wildman–Crippen MR) is 91.7 cm³/mol. The van der Waals surface area contributed by atoms with Gasteiger partial charge < -0.3 is 20.1 Å². The molecular weight excluding hydrogens is 326 g/mol. The third-order valence-electron chi connectivity index (χ3n) is 3.30. The van der Waals surface area contributed by atoms with Crippen molar-refractivity contribution < 1.29 is 19.1 Å². The number of carbonyl (C=O) groups excluding carboxylic acids is 2. The molecule has 25 heavy (non-hydrogen) atoms. The summed E-state index contributed by atoms with van der Waals surface area (Å²) in [7, 11) is 3.05. The number of carbonyl (C=O) groups is 2. The minimum atomic E-state index is -0.321. The average molecular weight is 347 g/mol. The zero-order valence-electron chi connectivity index (χ0n) is 14.6.